The van der Waals surface area contributed by atoms with Gasteiger partial charge in [-0.05, 0) is 6.92 Å². The Balaban J connectivity index is 3.16. The number of aromatic nitrogens is 2. The summed E-state index contributed by atoms with van der Waals surface area (Å²) in [6, 6.07) is 0. The Hall–Kier alpha value is -1.93. The second-order valence-electron chi connectivity index (χ2n) is 3.74. The molecule has 0 unspecified atom stereocenters. The van der Waals surface area contributed by atoms with Crippen LogP contribution in [0.3, 0.4) is 0 Å². The van der Waals surface area contributed by atoms with Gasteiger partial charge in [0.2, 0.25) is 5.88 Å². The predicted octanol–water partition coefficient (Wildman–Crippen LogP) is -2.07. The molecule has 0 aromatic carbocycles. The van der Waals surface area contributed by atoms with Crippen molar-refractivity contribution in [3.05, 3.63) is 26.4 Å². The van der Waals surface area contributed by atoms with E-state index in [0.29, 0.717) is 0 Å². The lowest BCUT2D eigenvalue weighted by atomic mass is 10.1. The first-order valence-corrected chi connectivity index (χ1v) is 4.74. The van der Waals surface area contributed by atoms with Crippen LogP contribution in [0.25, 0.3) is 0 Å². The minimum atomic E-state index is -1.16. The van der Waals surface area contributed by atoms with E-state index in [2.05, 4.69) is 4.99 Å². The Bertz CT molecular complexity index is 526. The van der Waals surface area contributed by atoms with Crippen molar-refractivity contribution in [1.29, 1.82) is 0 Å². The van der Waals surface area contributed by atoms with E-state index in [0.717, 1.165) is 6.21 Å². The zero-order valence-electron chi connectivity index (χ0n) is 9.10. The summed E-state index contributed by atoms with van der Waals surface area (Å²) < 4.78 is 0. The van der Waals surface area contributed by atoms with Crippen molar-refractivity contribution in [2.75, 3.05) is 13.2 Å². The molecule has 8 nitrogen and oxygen atoms in total. The number of nitrogens with zero attached hydrogens (tertiary/aromatic N) is 1. The standard InChI is InChI=1S/C9H13N3O5/c1-9(3-13,4-14)10-2-5-6(15)11-8(17)12-7(5)16/h2,13-14H,3-4H2,1H3,(H3,11,12,15,16,17). The van der Waals surface area contributed by atoms with Crippen molar-refractivity contribution in [3.63, 3.8) is 0 Å². The molecule has 8 heteroatoms. The van der Waals surface area contributed by atoms with Crippen LogP contribution in [0.15, 0.2) is 14.6 Å². The summed E-state index contributed by atoms with van der Waals surface area (Å²) in [6.45, 7) is 0.602. The molecule has 1 aromatic heterocycles. The Labute approximate surface area is 95.3 Å². The Kier molecular flexibility index (Phi) is 3.81. The highest BCUT2D eigenvalue weighted by atomic mass is 16.3. The number of aromatic amines is 2. The summed E-state index contributed by atoms with van der Waals surface area (Å²) in [4.78, 5) is 29.8. The van der Waals surface area contributed by atoms with Gasteiger partial charge in [0.1, 0.15) is 11.1 Å². The van der Waals surface area contributed by atoms with E-state index in [1.807, 2.05) is 9.97 Å². The van der Waals surface area contributed by atoms with Crippen molar-refractivity contribution >= 4 is 6.21 Å². The second-order valence-corrected chi connectivity index (χ2v) is 3.74. The Morgan fingerprint density at radius 2 is 1.88 bits per heavy atom. The van der Waals surface area contributed by atoms with E-state index in [1.165, 1.54) is 6.92 Å². The maximum Gasteiger partial charge on any atom is 0.328 e. The smallest absolute Gasteiger partial charge is 0.328 e. The second kappa shape index (κ2) is 4.93. The normalized spacial score (nSPS) is 12.2. The van der Waals surface area contributed by atoms with Crippen molar-refractivity contribution in [1.82, 2.24) is 9.97 Å². The Morgan fingerprint density at radius 1 is 1.29 bits per heavy atom. The van der Waals surface area contributed by atoms with Crippen LogP contribution in [0, 0.1) is 0 Å². The molecule has 0 bridgehead atoms. The van der Waals surface area contributed by atoms with E-state index in [-0.39, 0.29) is 5.56 Å². The first-order chi connectivity index (χ1) is 7.91. The van der Waals surface area contributed by atoms with Gasteiger partial charge in [0.25, 0.3) is 5.56 Å². The van der Waals surface area contributed by atoms with Crippen LogP contribution in [-0.4, -0.2) is 50.3 Å². The number of nitrogens with one attached hydrogen (secondary N) is 2. The highest BCUT2D eigenvalue weighted by Crippen LogP contribution is 2.09. The molecular formula is C9H13N3O5. The molecule has 5 N–H and O–H groups in total. The number of aromatic hydroxyl groups is 1. The Morgan fingerprint density at radius 3 is 2.35 bits per heavy atom. The molecule has 17 heavy (non-hydrogen) atoms. The van der Waals surface area contributed by atoms with Gasteiger partial charge < -0.3 is 15.3 Å². The van der Waals surface area contributed by atoms with Crippen LogP contribution in [-0.2, 0) is 0 Å². The largest absolute Gasteiger partial charge is 0.494 e. The molecule has 0 aliphatic heterocycles. The first kappa shape index (κ1) is 13.1. The number of rotatable bonds is 4. The zero-order chi connectivity index (χ0) is 13.1. The number of aliphatic hydroxyl groups is 2. The van der Waals surface area contributed by atoms with Crippen LogP contribution in [0.2, 0.25) is 0 Å². The fourth-order valence-electron chi connectivity index (χ4n) is 0.956. The predicted molar refractivity (Wildman–Crippen MR) is 59.5 cm³/mol. The van der Waals surface area contributed by atoms with Gasteiger partial charge in [0, 0.05) is 6.21 Å². The van der Waals surface area contributed by atoms with Gasteiger partial charge >= 0.3 is 5.69 Å². The van der Waals surface area contributed by atoms with Gasteiger partial charge in [-0.15, -0.1) is 0 Å². The number of aliphatic imine (C=N–C) groups is 1. The van der Waals surface area contributed by atoms with E-state index in [9.17, 15) is 14.7 Å². The molecule has 0 saturated heterocycles. The van der Waals surface area contributed by atoms with Gasteiger partial charge in [-0.25, -0.2) is 4.79 Å². The molecule has 0 amide bonds. The SMILES string of the molecule is CC(CO)(CO)N=Cc1c(O)[nH]c(=O)[nH]c1=O. The summed E-state index contributed by atoms with van der Waals surface area (Å²) >= 11 is 0. The molecule has 1 heterocycles. The molecule has 0 saturated carbocycles. The minimum Gasteiger partial charge on any atom is -0.494 e. The molecule has 94 valence electrons. The van der Waals surface area contributed by atoms with Gasteiger partial charge in [-0.2, -0.15) is 0 Å². The molecule has 0 spiro atoms. The van der Waals surface area contributed by atoms with E-state index in [4.69, 9.17) is 10.2 Å². The maximum atomic E-state index is 11.3. The third-order valence-corrected chi connectivity index (χ3v) is 2.15. The van der Waals surface area contributed by atoms with E-state index < -0.39 is 35.9 Å². The molecule has 1 aromatic rings. The number of hydrogen-bond donors (Lipinski definition) is 5. The molecular weight excluding hydrogens is 230 g/mol. The van der Waals surface area contributed by atoms with Crippen molar-refractivity contribution < 1.29 is 15.3 Å². The van der Waals surface area contributed by atoms with Gasteiger partial charge in [0.15, 0.2) is 0 Å². The van der Waals surface area contributed by atoms with Crippen LogP contribution in [0.4, 0.5) is 0 Å². The average Bonchev–Trinajstić information content (AvgIpc) is 2.27. The van der Waals surface area contributed by atoms with E-state index in [1.54, 1.807) is 0 Å². The zero-order valence-corrected chi connectivity index (χ0v) is 9.10. The van der Waals surface area contributed by atoms with Gasteiger partial charge in [0.05, 0.1) is 13.2 Å². The fourth-order valence-corrected chi connectivity index (χ4v) is 0.956. The minimum absolute atomic E-state index is 0.252. The topological polar surface area (TPSA) is 139 Å². The molecule has 0 aliphatic rings. The summed E-state index contributed by atoms with van der Waals surface area (Å²) in [5.74, 6) is -0.624. The van der Waals surface area contributed by atoms with Crippen LogP contribution >= 0.6 is 0 Å². The van der Waals surface area contributed by atoms with Gasteiger partial charge in [-0.3, -0.25) is 19.8 Å². The lowest BCUT2D eigenvalue weighted by Gasteiger charge is -2.18. The van der Waals surface area contributed by atoms with Crippen molar-refractivity contribution in [3.8, 4) is 5.88 Å². The van der Waals surface area contributed by atoms with Gasteiger partial charge in [-0.1, -0.05) is 0 Å². The summed E-state index contributed by atoms with van der Waals surface area (Å²) in [5, 5.41) is 27.3. The molecule has 1 rings (SSSR count). The van der Waals surface area contributed by atoms with Crippen LogP contribution in [0.5, 0.6) is 5.88 Å². The maximum absolute atomic E-state index is 11.3. The molecule has 0 atom stereocenters. The average molecular weight is 243 g/mol. The summed E-state index contributed by atoms with van der Waals surface area (Å²) in [5.41, 5.74) is -3.06. The lowest BCUT2D eigenvalue weighted by Crippen LogP contribution is -2.32. The fraction of sp³-hybridized carbons (Fsp3) is 0.444. The third kappa shape index (κ3) is 3.02. The van der Waals surface area contributed by atoms with E-state index >= 15 is 0 Å². The lowest BCUT2D eigenvalue weighted by molar-refractivity contribution is 0.136. The summed E-state index contributed by atoms with van der Waals surface area (Å²) in [7, 11) is 0. The van der Waals surface area contributed by atoms with Crippen molar-refractivity contribution in [2.45, 2.75) is 12.5 Å². The molecule has 0 fully saturated rings. The molecule has 0 radical (unpaired) electrons. The third-order valence-electron chi connectivity index (χ3n) is 2.15. The van der Waals surface area contributed by atoms with Crippen molar-refractivity contribution in [2.24, 2.45) is 4.99 Å². The number of aliphatic hydroxyl groups excluding tert-OH is 2. The number of H-pyrrole nitrogens is 2. The highest BCUT2D eigenvalue weighted by Gasteiger charge is 2.20. The first-order valence-electron chi connectivity index (χ1n) is 4.74. The summed E-state index contributed by atoms with van der Waals surface area (Å²) in [6.07, 6.45) is 0.983. The molecule has 0 aliphatic carbocycles. The monoisotopic (exact) mass is 243 g/mol. The number of hydrogen-bond acceptors (Lipinski definition) is 6. The quantitative estimate of drug-likeness (QED) is 0.387. The highest BCUT2D eigenvalue weighted by molar-refractivity contribution is 5.82. The van der Waals surface area contributed by atoms with Crippen LogP contribution < -0.4 is 11.2 Å². The van der Waals surface area contributed by atoms with Crippen LogP contribution in [0.1, 0.15) is 12.5 Å².